The fourth-order valence-electron chi connectivity index (χ4n) is 4.27. The molecule has 0 saturated heterocycles. The summed E-state index contributed by atoms with van der Waals surface area (Å²) in [5.74, 6) is 2.14. The Labute approximate surface area is 121 Å². The molecule has 3 nitrogen and oxygen atoms in total. The predicted octanol–water partition coefficient (Wildman–Crippen LogP) is 2.77. The van der Waals surface area contributed by atoms with Crippen LogP contribution in [0.5, 0.6) is 0 Å². The van der Waals surface area contributed by atoms with Gasteiger partial charge < -0.3 is 10.2 Å². The zero-order chi connectivity index (χ0) is 14.3. The highest BCUT2D eigenvalue weighted by molar-refractivity contribution is 5.73. The highest BCUT2D eigenvalue weighted by atomic mass is 16.1. The number of hydrogen-bond donors (Lipinski definition) is 1. The average Bonchev–Trinajstić information content (AvgIpc) is 2.95. The molecule has 2 fully saturated rings. The van der Waals surface area contributed by atoms with E-state index in [1.165, 1.54) is 24.1 Å². The average molecular weight is 272 g/mol. The molecule has 2 saturated carbocycles. The molecule has 2 aliphatic rings. The highest BCUT2D eigenvalue weighted by Gasteiger charge is 2.48. The first-order valence-corrected chi connectivity index (χ1v) is 7.60. The van der Waals surface area contributed by atoms with Crippen molar-refractivity contribution in [3.05, 3.63) is 29.8 Å². The molecular formula is C17H24N2O. The summed E-state index contributed by atoms with van der Waals surface area (Å²) in [4.78, 5) is 13.5. The summed E-state index contributed by atoms with van der Waals surface area (Å²) in [5.41, 5.74) is 2.70. The van der Waals surface area contributed by atoms with Crippen LogP contribution in [0.2, 0.25) is 0 Å². The minimum absolute atomic E-state index is 0.115. The monoisotopic (exact) mass is 272 g/mol. The summed E-state index contributed by atoms with van der Waals surface area (Å²) in [7, 11) is 4.14. The molecule has 0 aromatic heterocycles. The minimum Gasteiger partial charge on any atom is -0.378 e. The van der Waals surface area contributed by atoms with Gasteiger partial charge in [-0.1, -0.05) is 12.1 Å². The van der Waals surface area contributed by atoms with Gasteiger partial charge in [-0.25, -0.2) is 0 Å². The molecule has 0 radical (unpaired) electrons. The van der Waals surface area contributed by atoms with Gasteiger partial charge in [0, 0.05) is 32.7 Å². The van der Waals surface area contributed by atoms with Crippen molar-refractivity contribution in [2.24, 2.45) is 11.8 Å². The normalized spacial score (nSPS) is 31.4. The van der Waals surface area contributed by atoms with E-state index in [9.17, 15) is 4.79 Å². The largest absolute Gasteiger partial charge is 0.378 e. The Bertz CT molecular complexity index is 494. The van der Waals surface area contributed by atoms with Crippen molar-refractivity contribution in [1.82, 2.24) is 5.32 Å². The Balaban J connectivity index is 1.79. The lowest BCUT2D eigenvalue weighted by Crippen LogP contribution is -2.37. The number of carbonyl (C=O) groups excluding carboxylic acids is 1. The van der Waals surface area contributed by atoms with E-state index in [0.717, 1.165) is 12.3 Å². The molecule has 0 unspecified atom stereocenters. The molecule has 2 aliphatic carbocycles. The van der Waals surface area contributed by atoms with E-state index in [2.05, 4.69) is 48.6 Å². The van der Waals surface area contributed by atoms with Gasteiger partial charge in [0.1, 0.15) is 0 Å². The van der Waals surface area contributed by atoms with E-state index >= 15 is 0 Å². The molecule has 1 amide bonds. The van der Waals surface area contributed by atoms with Crippen LogP contribution in [0.4, 0.5) is 5.69 Å². The first-order chi connectivity index (χ1) is 9.56. The second kappa shape index (κ2) is 5.12. The molecule has 0 aliphatic heterocycles. The van der Waals surface area contributed by atoms with E-state index in [-0.39, 0.29) is 5.91 Å². The second-order valence-corrected chi connectivity index (χ2v) is 6.56. The topological polar surface area (TPSA) is 32.3 Å². The van der Waals surface area contributed by atoms with Crippen molar-refractivity contribution >= 4 is 11.6 Å². The number of amides is 1. The van der Waals surface area contributed by atoms with Crippen LogP contribution in [0.25, 0.3) is 0 Å². The number of rotatable bonds is 3. The van der Waals surface area contributed by atoms with E-state index in [4.69, 9.17) is 0 Å². The smallest absolute Gasteiger partial charge is 0.217 e. The van der Waals surface area contributed by atoms with Crippen LogP contribution in [0.15, 0.2) is 24.3 Å². The van der Waals surface area contributed by atoms with Gasteiger partial charge in [0.05, 0.1) is 0 Å². The summed E-state index contributed by atoms with van der Waals surface area (Å²) in [6.07, 6.45) is 3.74. The summed E-state index contributed by atoms with van der Waals surface area (Å²) >= 11 is 0. The Morgan fingerprint density at radius 2 is 1.90 bits per heavy atom. The molecule has 1 N–H and O–H groups in total. The minimum atomic E-state index is 0.115. The maximum atomic E-state index is 11.3. The van der Waals surface area contributed by atoms with Gasteiger partial charge >= 0.3 is 0 Å². The molecule has 20 heavy (non-hydrogen) atoms. The van der Waals surface area contributed by atoms with Crippen LogP contribution >= 0.6 is 0 Å². The molecule has 0 spiro atoms. The van der Waals surface area contributed by atoms with Crippen molar-refractivity contribution in [2.45, 2.75) is 38.1 Å². The highest BCUT2D eigenvalue weighted by Crippen LogP contribution is 2.54. The van der Waals surface area contributed by atoms with Crippen molar-refractivity contribution in [1.29, 1.82) is 0 Å². The second-order valence-electron chi connectivity index (χ2n) is 6.56. The Kier molecular flexibility index (Phi) is 3.45. The number of anilines is 1. The lowest BCUT2D eigenvalue weighted by atomic mass is 9.88. The maximum absolute atomic E-state index is 11.3. The Hall–Kier alpha value is -1.51. The van der Waals surface area contributed by atoms with Crippen LogP contribution in [0.1, 0.15) is 37.7 Å². The van der Waals surface area contributed by atoms with E-state index in [1.807, 2.05) is 0 Å². The molecule has 3 heteroatoms. The third kappa shape index (κ3) is 2.30. The van der Waals surface area contributed by atoms with Gasteiger partial charge in [-0.2, -0.15) is 0 Å². The standard InChI is InChI=1S/C17H24N2O/c1-11(20)18-16-10-13-6-9-15(16)17(13)12-4-7-14(8-5-12)19(2)3/h4-5,7-8,13,15-17H,6,9-10H2,1-3H3,(H,18,20)/t13-,15+,16-,17-/m1/s1. The van der Waals surface area contributed by atoms with Crippen molar-refractivity contribution < 1.29 is 4.79 Å². The molecular weight excluding hydrogens is 248 g/mol. The fourth-order valence-corrected chi connectivity index (χ4v) is 4.27. The summed E-state index contributed by atoms with van der Waals surface area (Å²) in [6.45, 7) is 1.63. The van der Waals surface area contributed by atoms with Crippen LogP contribution in [0.3, 0.4) is 0 Å². The zero-order valence-electron chi connectivity index (χ0n) is 12.6. The SMILES string of the molecule is CC(=O)N[C@@H]1C[C@H]2CC[C@@H]1[C@@H]2c1ccc(N(C)C)cc1. The molecule has 0 heterocycles. The quantitative estimate of drug-likeness (QED) is 0.917. The van der Waals surface area contributed by atoms with E-state index < -0.39 is 0 Å². The molecule has 4 atom stereocenters. The van der Waals surface area contributed by atoms with Crippen LogP contribution in [-0.4, -0.2) is 26.0 Å². The van der Waals surface area contributed by atoms with E-state index in [1.54, 1.807) is 6.92 Å². The number of carbonyl (C=O) groups is 1. The van der Waals surface area contributed by atoms with Gasteiger partial charge in [0.15, 0.2) is 0 Å². The number of hydrogen-bond acceptors (Lipinski definition) is 2. The number of benzene rings is 1. The van der Waals surface area contributed by atoms with Crippen molar-refractivity contribution in [3.63, 3.8) is 0 Å². The Morgan fingerprint density at radius 3 is 2.50 bits per heavy atom. The van der Waals surface area contributed by atoms with Gasteiger partial charge in [0.25, 0.3) is 0 Å². The maximum Gasteiger partial charge on any atom is 0.217 e. The number of fused-ring (bicyclic) bond motifs is 2. The molecule has 108 valence electrons. The van der Waals surface area contributed by atoms with E-state index in [0.29, 0.717) is 17.9 Å². The summed E-state index contributed by atoms with van der Waals surface area (Å²) < 4.78 is 0. The molecule has 3 rings (SSSR count). The number of nitrogens with one attached hydrogen (secondary N) is 1. The third-order valence-corrected chi connectivity index (χ3v) is 5.10. The lowest BCUT2D eigenvalue weighted by Gasteiger charge is -2.23. The lowest BCUT2D eigenvalue weighted by molar-refractivity contribution is -0.120. The molecule has 1 aromatic rings. The summed E-state index contributed by atoms with van der Waals surface area (Å²) in [5, 5.41) is 3.16. The van der Waals surface area contributed by atoms with Crippen molar-refractivity contribution in [2.75, 3.05) is 19.0 Å². The summed E-state index contributed by atoms with van der Waals surface area (Å²) in [6, 6.07) is 9.37. The Morgan fingerprint density at radius 1 is 1.20 bits per heavy atom. The van der Waals surface area contributed by atoms with Gasteiger partial charge in [-0.3, -0.25) is 4.79 Å². The van der Waals surface area contributed by atoms with Gasteiger partial charge in [-0.05, 0) is 54.7 Å². The first-order valence-electron chi connectivity index (χ1n) is 7.60. The zero-order valence-corrected chi connectivity index (χ0v) is 12.6. The van der Waals surface area contributed by atoms with Gasteiger partial charge in [0.2, 0.25) is 5.91 Å². The van der Waals surface area contributed by atoms with Gasteiger partial charge in [-0.15, -0.1) is 0 Å². The molecule has 1 aromatic carbocycles. The van der Waals surface area contributed by atoms with Crippen molar-refractivity contribution in [3.8, 4) is 0 Å². The third-order valence-electron chi connectivity index (χ3n) is 5.10. The predicted molar refractivity (Wildman–Crippen MR) is 81.9 cm³/mol. The van der Waals surface area contributed by atoms with Crippen LogP contribution < -0.4 is 10.2 Å². The number of nitrogens with zero attached hydrogens (tertiary/aromatic N) is 1. The van der Waals surface area contributed by atoms with Crippen LogP contribution in [0, 0.1) is 11.8 Å². The molecule has 2 bridgehead atoms. The van der Waals surface area contributed by atoms with Crippen LogP contribution in [-0.2, 0) is 4.79 Å². The fraction of sp³-hybridized carbons (Fsp3) is 0.588. The first kappa shape index (κ1) is 13.5.